The van der Waals surface area contributed by atoms with E-state index in [1.54, 1.807) is 26.0 Å². The minimum Gasteiger partial charge on any atom is -0.463 e. The standard InChI is InChI=1S/C15H13N3O4S/c1-3-20-15(19)12-8(2)21-14(18)9(6-16)13(12)10-4-5-11(22-10)23-7-17/h4-5,13H,3,18H2,1-2H3. The molecule has 0 fully saturated rings. The zero-order valence-corrected chi connectivity index (χ0v) is 13.3. The number of nitrogens with two attached hydrogens (primary N) is 1. The van der Waals surface area contributed by atoms with Gasteiger partial charge in [-0.3, -0.25) is 0 Å². The molecule has 0 aliphatic carbocycles. The predicted octanol–water partition coefficient (Wildman–Crippen LogP) is 2.50. The molecule has 1 aliphatic heterocycles. The first-order chi connectivity index (χ1) is 11.0. The van der Waals surface area contributed by atoms with E-state index in [-0.39, 0.29) is 29.4 Å². The van der Waals surface area contributed by atoms with E-state index in [0.717, 1.165) is 11.8 Å². The molecule has 0 saturated heterocycles. The van der Waals surface area contributed by atoms with Gasteiger partial charge in [-0.1, -0.05) is 0 Å². The van der Waals surface area contributed by atoms with Crippen molar-refractivity contribution >= 4 is 17.7 Å². The molecule has 7 nitrogen and oxygen atoms in total. The normalized spacial score (nSPS) is 17.3. The first-order valence-corrected chi connectivity index (χ1v) is 7.46. The lowest BCUT2D eigenvalue weighted by atomic mass is 9.87. The topological polar surface area (TPSA) is 122 Å². The van der Waals surface area contributed by atoms with Gasteiger partial charge in [0.05, 0.1) is 18.1 Å². The summed E-state index contributed by atoms with van der Waals surface area (Å²) in [5, 5.41) is 20.3. The van der Waals surface area contributed by atoms with Crippen LogP contribution in [-0.2, 0) is 14.3 Å². The van der Waals surface area contributed by atoms with E-state index in [2.05, 4.69) is 0 Å². The van der Waals surface area contributed by atoms with Gasteiger partial charge in [-0.25, -0.2) is 4.79 Å². The van der Waals surface area contributed by atoms with Crippen LogP contribution in [0.2, 0.25) is 0 Å². The molecule has 0 spiro atoms. The number of furan rings is 1. The Morgan fingerprint density at radius 1 is 1.48 bits per heavy atom. The van der Waals surface area contributed by atoms with E-state index < -0.39 is 11.9 Å². The number of hydrogen-bond acceptors (Lipinski definition) is 8. The predicted molar refractivity (Wildman–Crippen MR) is 80.2 cm³/mol. The molecular weight excluding hydrogens is 318 g/mol. The lowest BCUT2D eigenvalue weighted by Gasteiger charge is -2.25. The Morgan fingerprint density at radius 3 is 2.83 bits per heavy atom. The van der Waals surface area contributed by atoms with Crippen molar-refractivity contribution in [1.29, 1.82) is 10.5 Å². The third kappa shape index (κ3) is 3.17. The number of nitriles is 2. The van der Waals surface area contributed by atoms with Crippen LogP contribution in [-0.4, -0.2) is 12.6 Å². The van der Waals surface area contributed by atoms with Gasteiger partial charge in [0.1, 0.15) is 28.6 Å². The van der Waals surface area contributed by atoms with Gasteiger partial charge in [-0.05, 0) is 26.0 Å². The van der Waals surface area contributed by atoms with Crippen LogP contribution in [0.15, 0.2) is 44.4 Å². The van der Waals surface area contributed by atoms with E-state index in [4.69, 9.17) is 24.9 Å². The second-order valence-electron chi connectivity index (χ2n) is 4.47. The van der Waals surface area contributed by atoms with Crippen molar-refractivity contribution in [3.63, 3.8) is 0 Å². The van der Waals surface area contributed by atoms with Crippen LogP contribution in [0.3, 0.4) is 0 Å². The number of nitrogens with zero attached hydrogens (tertiary/aromatic N) is 2. The molecule has 2 N–H and O–H groups in total. The van der Waals surface area contributed by atoms with Crippen molar-refractivity contribution in [2.24, 2.45) is 5.73 Å². The van der Waals surface area contributed by atoms with Crippen molar-refractivity contribution in [1.82, 2.24) is 0 Å². The zero-order valence-electron chi connectivity index (χ0n) is 12.5. The summed E-state index contributed by atoms with van der Waals surface area (Å²) >= 11 is 0.836. The highest BCUT2D eigenvalue weighted by Crippen LogP contribution is 2.41. The number of ether oxygens (including phenoxy) is 2. The number of carbonyl (C=O) groups is 1. The molecule has 118 valence electrons. The molecular formula is C15H13N3O4S. The van der Waals surface area contributed by atoms with Gasteiger partial charge in [0.15, 0.2) is 5.09 Å². The molecule has 1 aromatic heterocycles. The number of carbonyl (C=O) groups excluding carboxylic acids is 1. The highest BCUT2D eigenvalue weighted by molar-refractivity contribution is 8.03. The molecule has 2 rings (SSSR count). The quantitative estimate of drug-likeness (QED) is 0.507. The van der Waals surface area contributed by atoms with Crippen LogP contribution in [0.5, 0.6) is 0 Å². The van der Waals surface area contributed by atoms with Crippen molar-refractivity contribution in [3.05, 3.63) is 40.7 Å². The Hall–Kier alpha value is -2.84. The summed E-state index contributed by atoms with van der Waals surface area (Å²) < 4.78 is 15.9. The zero-order chi connectivity index (χ0) is 17.0. The minimum atomic E-state index is -0.833. The number of thiocyanates is 1. The SMILES string of the molecule is CCOC(=O)C1=C(C)OC(N)=C(C#N)C1c1ccc(SC#N)o1. The molecule has 2 heterocycles. The fourth-order valence-electron chi connectivity index (χ4n) is 2.23. The lowest BCUT2D eigenvalue weighted by molar-refractivity contribution is -0.139. The van der Waals surface area contributed by atoms with Crippen LogP contribution in [0.1, 0.15) is 25.5 Å². The lowest BCUT2D eigenvalue weighted by Crippen LogP contribution is -2.25. The van der Waals surface area contributed by atoms with Gasteiger partial charge < -0.3 is 19.6 Å². The molecule has 1 aliphatic rings. The van der Waals surface area contributed by atoms with E-state index in [9.17, 15) is 10.1 Å². The highest BCUT2D eigenvalue weighted by Gasteiger charge is 2.38. The Kier molecular flexibility index (Phi) is 4.99. The molecule has 0 saturated carbocycles. The Balaban J connectivity index is 2.54. The molecule has 8 heteroatoms. The van der Waals surface area contributed by atoms with Crippen molar-refractivity contribution in [2.75, 3.05) is 6.61 Å². The van der Waals surface area contributed by atoms with Crippen LogP contribution < -0.4 is 5.73 Å². The first kappa shape index (κ1) is 16.5. The second-order valence-corrected chi connectivity index (χ2v) is 5.25. The van der Waals surface area contributed by atoms with Crippen LogP contribution in [0, 0.1) is 22.0 Å². The average molecular weight is 331 g/mol. The largest absolute Gasteiger partial charge is 0.463 e. The number of allylic oxidation sites excluding steroid dienone is 2. The smallest absolute Gasteiger partial charge is 0.338 e. The summed E-state index contributed by atoms with van der Waals surface area (Å²) in [6.45, 7) is 3.42. The average Bonchev–Trinajstić information content (AvgIpc) is 2.95. The van der Waals surface area contributed by atoms with Gasteiger partial charge >= 0.3 is 5.97 Å². The van der Waals surface area contributed by atoms with Gasteiger partial charge in [0, 0.05) is 11.8 Å². The molecule has 0 bridgehead atoms. The van der Waals surface area contributed by atoms with Gasteiger partial charge in [0.2, 0.25) is 5.88 Å². The Labute approximate surface area is 136 Å². The minimum absolute atomic E-state index is 0.0570. The fourth-order valence-corrected chi connectivity index (χ4v) is 2.59. The Bertz CT molecular complexity index is 779. The summed E-state index contributed by atoms with van der Waals surface area (Å²) in [5.41, 5.74) is 5.97. The number of esters is 1. The monoisotopic (exact) mass is 331 g/mol. The number of hydrogen-bond donors (Lipinski definition) is 1. The summed E-state index contributed by atoms with van der Waals surface area (Å²) in [6, 6.07) is 5.12. The molecule has 1 unspecified atom stereocenters. The molecule has 23 heavy (non-hydrogen) atoms. The van der Waals surface area contributed by atoms with E-state index >= 15 is 0 Å². The van der Waals surface area contributed by atoms with Crippen LogP contribution in [0.25, 0.3) is 0 Å². The van der Waals surface area contributed by atoms with E-state index in [1.165, 1.54) is 0 Å². The Morgan fingerprint density at radius 2 is 2.22 bits per heavy atom. The summed E-state index contributed by atoms with van der Waals surface area (Å²) in [6.07, 6.45) is 0. The van der Waals surface area contributed by atoms with Crippen LogP contribution in [0.4, 0.5) is 0 Å². The van der Waals surface area contributed by atoms with Gasteiger partial charge in [-0.2, -0.15) is 10.5 Å². The molecule has 1 aromatic rings. The van der Waals surface area contributed by atoms with Crippen molar-refractivity contribution < 1.29 is 18.7 Å². The molecule has 1 atom stereocenters. The fraction of sp³-hybridized carbons (Fsp3) is 0.267. The third-order valence-electron chi connectivity index (χ3n) is 3.13. The van der Waals surface area contributed by atoms with Crippen molar-refractivity contribution in [2.45, 2.75) is 24.9 Å². The summed E-state index contributed by atoms with van der Waals surface area (Å²) in [7, 11) is 0. The summed E-state index contributed by atoms with van der Waals surface area (Å²) in [4.78, 5) is 12.3. The first-order valence-electron chi connectivity index (χ1n) is 6.64. The van der Waals surface area contributed by atoms with Gasteiger partial charge in [-0.15, -0.1) is 0 Å². The maximum Gasteiger partial charge on any atom is 0.338 e. The summed E-state index contributed by atoms with van der Waals surface area (Å²) in [5.74, 6) is -0.972. The van der Waals surface area contributed by atoms with E-state index in [0.29, 0.717) is 10.9 Å². The third-order valence-corrected chi connectivity index (χ3v) is 3.65. The molecule has 0 amide bonds. The van der Waals surface area contributed by atoms with Crippen LogP contribution >= 0.6 is 11.8 Å². The van der Waals surface area contributed by atoms with Gasteiger partial charge in [0.25, 0.3) is 0 Å². The number of thioether (sulfide) groups is 1. The second kappa shape index (κ2) is 6.95. The van der Waals surface area contributed by atoms with E-state index in [1.807, 2.05) is 11.5 Å². The maximum absolute atomic E-state index is 12.3. The molecule has 0 aromatic carbocycles. The number of rotatable bonds is 4. The van der Waals surface area contributed by atoms with Crippen molar-refractivity contribution in [3.8, 4) is 11.5 Å². The maximum atomic E-state index is 12.3. The highest BCUT2D eigenvalue weighted by atomic mass is 32.2. The molecule has 0 radical (unpaired) electrons.